The van der Waals surface area contributed by atoms with Crippen molar-refractivity contribution in [2.75, 3.05) is 5.32 Å². The highest BCUT2D eigenvalue weighted by molar-refractivity contribution is 9.10. The normalized spacial score (nSPS) is 11.6. The lowest BCUT2D eigenvalue weighted by Crippen LogP contribution is -2.24. The van der Waals surface area contributed by atoms with Gasteiger partial charge in [0.1, 0.15) is 0 Å². The van der Waals surface area contributed by atoms with Crippen molar-refractivity contribution in [3.8, 4) is 0 Å². The van der Waals surface area contributed by atoms with Crippen LogP contribution in [0.2, 0.25) is 0 Å². The fourth-order valence-electron chi connectivity index (χ4n) is 5.03. The number of aryl methyl sites for hydroxylation is 7. The molecule has 41 heavy (non-hydrogen) atoms. The zero-order chi connectivity index (χ0) is 30.1. The van der Waals surface area contributed by atoms with Gasteiger partial charge < -0.3 is 10.6 Å². The van der Waals surface area contributed by atoms with E-state index in [9.17, 15) is 9.59 Å². The molecular weight excluding hydrogens is 572 g/mol. The minimum absolute atomic E-state index is 0.00132. The van der Waals surface area contributed by atoms with Crippen molar-refractivity contribution in [1.29, 1.82) is 0 Å². The van der Waals surface area contributed by atoms with Crippen molar-refractivity contribution in [1.82, 2.24) is 5.32 Å². The molecule has 3 rings (SSSR count). The largest absolute Gasteiger partial charge is 0.326 e. The standard InChI is InChI=1S/C36H43BrN2O2/c1-23(2)35(38-33(40)18-14-29-12-8-24(3)9-13-29)26(5)11-16-31-20-25(4)10-15-30(31)17-19-34(41)39-36-27(6)21-32(37)22-28(36)7/h8-10,12-13,15,20-22H,1,11,14,16-19H2,2-7H3,(H,38,40)(H,39,41). The van der Waals surface area contributed by atoms with Gasteiger partial charge in [0.2, 0.25) is 11.8 Å². The van der Waals surface area contributed by atoms with E-state index < -0.39 is 0 Å². The van der Waals surface area contributed by atoms with E-state index >= 15 is 0 Å². The van der Waals surface area contributed by atoms with Crippen LogP contribution in [-0.2, 0) is 28.9 Å². The summed E-state index contributed by atoms with van der Waals surface area (Å²) < 4.78 is 1.01. The van der Waals surface area contributed by atoms with Gasteiger partial charge in [0.25, 0.3) is 0 Å². The summed E-state index contributed by atoms with van der Waals surface area (Å²) in [6, 6.07) is 18.8. The lowest BCUT2D eigenvalue weighted by atomic mass is 9.94. The van der Waals surface area contributed by atoms with Crippen LogP contribution in [0.15, 0.2) is 82.5 Å². The maximum Gasteiger partial charge on any atom is 0.224 e. The summed E-state index contributed by atoms with van der Waals surface area (Å²) in [5, 5.41) is 6.23. The van der Waals surface area contributed by atoms with E-state index in [-0.39, 0.29) is 11.8 Å². The first-order valence-corrected chi connectivity index (χ1v) is 15.1. The number of carbonyl (C=O) groups is 2. The topological polar surface area (TPSA) is 58.2 Å². The molecule has 3 aromatic carbocycles. The van der Waals surface area contributed by atoms with Crippen LogP contribution < -0.4 is 10.6 Å². The lowest BCUT2D eigenvalue weighted by Gasteiger charge is -2.16. The summed E-state index contributed by atoms with van der Waals surface area (Å²) in [7, 11) is 0. The van der Waals surface area contributed by atoms with Crippen LogP contribution >= 0.6 is 15.9 Å². The Bertz CT molecular complexity index is 1430. The van der Waals surface area contributed by atoms with Gasteiger partial charge in [-0.1, -0.05) is 76.1 Å². The molecule has 0 aliphatic carbocycles. The van der Waals surface area contributed by atoms with Crippen molar-refractivity contribution in [3.63, 3.8) is 0 Å². The fraction of sp³-hybridized carbons (Fsp3) is 0.333. The molecule has 4 nitrogen and oxygen atoms in total. The average molecular weight is 616 g/mol. The van der Waals surface area contributed by atoms with Crippen LogP contribution in [0.1, 0.15) is 72.1 Å². The molecule has 0 saturated heterocycles. The number of nitrogens with one attached hydrogen (secondary N) is 2. The van der Waals surface area contributed by atoms with Crippen molar-refractivity contribution in [3.05, 3.63) is 121 Å². The molecular formula is C36H43BrN2O2. The summed E-state index contributed by atoms with van der Waals surface area (Å²) in [5.74, 6) is 0.0143. The SMILES string of the molecule is C=C(C)C(NC(=O)CCc1ccc(C)cc1)=C(C)CCc1cc(C)ccc1CCC(=O)Nc1c(C)cc(Br)cc1C. The molecule has 2 N–H and O–H groups in total. The molecule has 0 spiro atoms. The molecule has 0 aliphatic heterocycles. The second-order valence-corrected chi connectivity index (χ2v) is 12.1. The number of anilines is 1. The molecule has 0 fully saturated rings. The summed E-state index contributed by atoms with van der Waals surface area (Å²) >= 11 is 3.52. The number of allylic oxidation sites excluding steroid dienone is 2. The second-order valence-electron chi connectivity index (χ2n) is 11.2. The third-order valence-electron chi connectivity index (χ3n) is 7.39. The molecule has 0 aliphatic rings. The highest BCUT2D eigenvalue weighted by atomic mass is 79.9. The molecule has 2 amide bonds. The average Bonchev–Trinajstić information content (AvgIpc) is 2.91. The number of hydrogen-bond acceptors (Lipinski definition) is 2. The summed E-state index contributed by atoms with van der Waals surface area (Å²) in [5.41, 5.74) is 11.7. The van der Waals surface area contributed by atoms with Gasteiger partial charge in [0.15, 0.2) is 0 Å². The Morgan fingerprint density at radius 3 is 1.95 bits per heavy atom. The number of amides is 2. The Morgan fingerprint density at radius 2 is 1.32 bits per heavy atom. The number of hydrogen-bond donors (Lipinski definition) is 2. The minimum Gasteiger partial charge on any atom is -0.326 e. The lowest BCUT2D eigenvalue weighted by molar-refractivity contribution is -0.120. The van der Waals surface area contributed by atoms with Gasteiger partial charge in [-0.25, -0.2) is 0 Å². The molecule has 0 saturated carbocycles. The smallest absolute Gasteiger partial charge is 0.224 e. The Balaban J connectivity index is 1.63. The zero-order valence-corrected chi connectivity index (χ0v) is 26.9. The van der Waals surface area contributed by atoms with E-state index in [1.165, 1.54) is 22.3 Å². The summed E-state index contributed by atoms with van der Waals surface area (Å²) in [6.45, 7) is 16.3. The molecule has 216 valence electrons. The Labute approximate surface area is 254 Å². The zero-order valence-electron chi connectivity index (χ0n) is 25.3. The molecule has 5 heteroatoms. The molecule has 0 radical (unpaired) electrons. The van der Waals surface area contributed by atoms with Crippen LogP contribution in [0, 0.1) is 27.7 Å². The first-order valence-electron chi connectivity index (χ1n) is 14.3. The number of benzene rings is 3. The fourth-order valence-corrected chi connectivity index (χ4v) is 5.72. The van der Waals surface area contributed by atoms with Crippen molar-refractivity contribution >= 4 is 33.4 Å². The van der Waals surface area contributed by atoms with Gasteiger partial charge in [-0.2, -0.15) is 0 Å². The summed E-state index contributed by atoms with van der Waals surface area (Å²) in [4.78, 5) is 25.7. The maximum atomic E-state index is 12.9. The first-order chi connectivity index (χ1) is 19.4. The van der Waals surface area contributed by atoms with Crippen LogP contribution in [-0.4, -0.2) is 11.8 Å². The van der Waals surface area contributed by atoms with Crippen LogP contribution in [0.3, 0.4) is 0 Å². The second kappa shape index (κ2) is 15.0. The molecule has 0 aromatic heterocycles. The molecule has 0 atom stereocenters. The van der Waals surface area contributed by atoms with E-state index in [2.05, 4.69) is 96.4 Å². The molecule has 3 aromatic rings. The van der Waals surface area contributed by atoms with E-state index in [0.717, 1.165) is 56.5 Å². The first kappa shape index (κ1) is 32.1. The highest BCUT2D eigenvalue weighted by Gasteiger charge is 2.13. The Morgan fingerprint density at radius 1 is 0.732 bits per heavy atom. The minimum atomic E-state index is 0.00132. The third-order valence-corrected chi connectivity index (χ3v) is 7.85. The van der Waals surface area contributed by atoms with Gasteiger partial charge in [-0.05, 0) is 118 Å². The van der Waals surface area contributed by atoms with Gasteiger partial charge in [-0.15, -0.1) is 0 Å². The molecule has 0 heterocycles. The van der Waals surface area contributed by atoms with Crippen LogP contribution in [0.25, 0.3) is 0 Å². The predicted octanol–water partition coefficient (Wildman–Crippen LogP) is 8.79. The predicted molar refractivity (Wildman–Crippen MR) is 175 cm³/mol. The van der Waals surface area contributed by atoms with Crippen molar-refractivity contribution in [2.45, 2.75) is 80.1 Å². The van der Waals surface area contributed by atoms with Crippen molar-refractivity contribution < 1.29 is 9.59 Å². The highest BCUT2D eigenvalue weighted by Crippen LogP contribution is 2.26. The maximum absolute atomic E-state index is 12.9. The van der Waals surface area contributed by atoms with Crippen molar-refractivity contribution in [2.24, 2.45) is 0 Å². The van der Waals surface area contributed by atoms with Gasteiger partial charge in [-0.3, -0.25) is 9.59 Å². The summed E-state index contributed by atoms with van der Waals surface area (Å²) in [6.07, 6.45) is 3.83. The molecule has 0 unspecified atom stereocenters. The van der Waals surface area contributed by atoms with E-state index in [1.807, 2.05) is 32.9 Å². The van der Waals surface area contributed by atoms with Gasteiger partial charge in [0, 0.05) is 28.7 Å². The monoisotopic (exact) mass is 614 g/mol. The Kier molecular flexibility index (Phi) is 11.7. The number of halogens is 1. The van der Waals surface area contributed by atoms with E-state index in [0.29, 0.717) is 25.7 Å². The Hall–Kier alpha value is -3.44. The molecule has 0 bridgehead atoms. The van der Waals surface area contributed by atoms with E-state index in [1.54, 1.807) is 0 Å². The van der Waals surface area contributed by atoms with Crippen LogP contribution in [0.5, 0.6) is 0 Å². The van der Waals surface area contributed by atoms with Gasteiger partial charge >= 0.3 is 0 Å². The van der Waals surface area contributed by atoms with E-state index in [4.69, 9.17) is 0 Å². The number of carbonyl (C=O) groups excluding carboxylic acids is 2. The van der Waals surface area contributed by atoms with Crippen LogP contribution in [0.4, 0.5) is 5.69 Å². The quantitative estimate of drug-likeness (QED) is 0.200. The number of rotatable bonds is 12. The van der Waals surface area contributed by atoms with Gasteiger partial charge in [0.05, 0.1) is 0 Å². The third kappa shape index (κ3) is 9.86.